The van der Waals surface area contributed by atoms with Crippen LogP contribution in [0.5, 0.6) is 0 Å². The summed E-state index contributed by atoms with van der Waals surface area (Å²) < 4.78 is 29.6. The largest absolute Gasteiger partial charge is 0.381 e. The van der Waals surface area contributed by atoms with Crippen LogP contribution in [0.15, 0.2) is 65.7 Å². The molecule has 1 N–H and O–H groups in total. The highest BCUT2D eigenvalue weighted by atomic mass is 35.5. The number of halogens is 1. The molecule has 11 heteroatoms. The Bertz CT molecular complexity index is 1710. The van der Waals surface area contributed by atoms with E-state index in [1.54, 1.807) is 6.20 Å². The normalized spacial score (nSPS) is 19.0. The molecular formula is C29H28ClN5O4S. The van der Waals surface area contributed by atoms with Gasteiger partial charge in [0.2, 0.25) is 0 Å². The number of fused-ring (bicyclic) bond motifs is 2. The zero-order valence-electron chi connectivity index (χ0n) is 21.9. The Balaban J connectivity index is 1.19. The first kappa shape index (κ1) is 26.6. The minimum Gasteiger partial charge on any atom is -0.381 e. The van der Waals surface area contributed by atoms with Gasteiger partial charge >= 0.3 is 0 Å². The molecule has 4 aromatic rings. The average Bonchev–Trinajstić information content (AvgIpc) is 3.43. The highest BCUT2D eigenvalue weighted by molar-refractivity contribution is 7.90. The van der Waals surface area contributed by atoms with Crippen LogP contribution in [0.3, 0.4) is 0 Å². The summed E-state index contributed by atoms with van der Waals surface area (Å²) in [6.07, 6.45) is 3.89. The van der Waals surface area contributed by atoms with Gasteiger partial charge in [-0.3, -0.25) is 9.78 Å². The van der Waals surface area contributed by atoms with Gasteiger partial charge in [-0.2, -0.15) is 0 Å². The first-order valence-electron chi connectivity index (χ1n) is 13.1. The van der Waals surface area contributed by atoms with E-state index in [9.17, 15) is 13.2 Å². The lowest BCUT2D eigenvalue weighted by atomic mass is 9.89. The summed E-state index contributed by atoms with van der Waals surface area (Å²) in [5.74, 6) is 1.74. The summed E-state index contributed by atoms with van der Waals surface area (Å²) in [5.41, 5.74) is 3.09. The molecule has 0 spiro atoms. The number of carbonyl (C=O) groups excluding carboxylic acids is 1. The molecule has 2 saturated heterocycles. The van der Waals surface area contributed by atoms with E-state index in [1.165, 1.54) is 18.2 Å². The van der Waals surface area contributed by atoms with Gasteiger partial charge in [0.1, 0.15) is 5.82 Å². The number of hydrogen-bond donors (Lipinski definition) is 1. The van der Waals surface area contributed by atoms with Crippen molar-refractivity contribution >= 4 is 44.1 Å². The number of sulfone groups is 1. The standard InChI is InChI=1S/C29H28ClN5O4S/c1-40(37,38)27-11-18(5-7-23(27)30)29(36)32-14-22-12-26-19(13-31-22)6-8-25(33-26)24-3-2-4-28(34-24)35-10-9-20-16-39-17-21(20)15-35/h2-8,11-13,20-21H,9-10,14-17H2,1H3,(H,32,36)/t20-,21+/m0/s1. The zero-order chi connectivity index (χ0) is 27.9. The van der Waals surface area contributed by atoms with Crippen molar-refractivity contribution in [2.75, 3.05) is 37.5 Å². The van der Waals surface area contributed by atoms with Crippen molar-refractivity contribution in [3.63, 3.8) is 0 Å². The van der Waals surface area contributed by atoms with E-state index in [1.807, 2.05) is 36.4 Å². The van der Waals surface area contributed by atoms with E-state index in [-0.39, 0.29) is 22.0 Å². The fourth-order valence-electron chi connectivity index (χ4n) is 5.31. The number of nitrogens with zero attached hydrogens (tertiary/aromatic N) is 4. The minimum absolute atomic E-state index is 0.0742. The molecule has 40 heavy (non-hydrogen) atoms. The molecule has 6 rings (SSSR count). The quantitative estimate of drug-likeness (QED) is 0.363. The van der Waals surface area contributed by atoms with Gasteiger partial charge in [0.25, 0.3) is 5.91 Å². The summed E-state index contributed by atoms with van der Waals surface area (Å²) in [4.78, 5) is 29.2. The number of nitrogens with one attached hydrogen (secondary N) is 1. The highest BCUT2D eigenvalue weighted by Crippen LogP contribution is 2.32. The molecule has 3 aromatic heterocycles. The molecule has 1 amide bonds. The monoisotopic (exact) mass is 577 g/mol. The van der Waals surface area contributed by atoms with Crippen LogP contribution in [0.25, 0.3) is 22.3 Å². The average molecular weight is 578 g/mol. The van der Waals surface area contributed by atoms with Gasteiger partial charge in [0, 0.05) is 49.0 Å². The van der Waals surface area contributed by atoms with Gasteiger partial charge in [0.05, 0.1) is 45.7 Å². The number of ether oxygens (including phenoxy) is 1. The van der Waals surface area contributed by atoms with Crippen molar-refractivity contribution in [3.8, 4) is 11.4 Å². The van der Waals surface area contributed by atoms with Crippen molar-refractivity contribution in [2.45, 2.75) is 17.9 Å². The van der Waals surface area contributed by atoms with Crippen LogP contribution in [-0.2, 0) is 21.1 Å². The smallest absolute Gasteiger partial charge is 0.251 e. The van der Waals surface area contributed by atoms with Gasteiger partial charge in [-0.15, -0.1) is 0 Å². The summed E-state index contributed by atoms with van der Waals surface area (Å²) in [7, 11) is -3.57. The molecule has 2 aliphatic rings. The van der Waals surface area contributed by atoms with E-state index in [0.29, 0.717) is 17.5 Å². The molecule has 9 nitrogen and oxygen atoms in total. The second-order valence-electron chi connectivity index (χ2n) is 10.3. The van der Waals surface area contributed by atoms with Crippen LogP contribution in [0.1, 0.15) is 22.5 Å². The van der Waals surface area contributed by atoms with E-state index in [0.717, 1.165) is 67.1 Å². The summed E-state index contributed by atoms with van der Waals surface area (Å²) in [5, 5.41) is 3.73. The van der Waals surface area contributed by atoms with E-state index in [2.05, 4.69) is 15.2 Å². The number of aromatic nitrogens is 3. The van der Waals surface area contributed by atoms with Crippen molar-refractivity contribution in [1.29, 1.82) is 0 Å². The van der Waals surface area contributed by atoms with Crippen LogP contribution in [0.4, 0.5) is 5.82 Å². The van der Waals surface area contributed by atoms with Gasteiger partial charge < -0.3 is 15.0 Å². The minimum atomic E-state index is -3.57. The number of rotatable bonds is 6. The van der Waals surface area contributed by atoms with Gasteiger partial charge in [-0.25, -0.2) is 18.4 Å². The topological polar surface area (TPSA) is 114 Å². The maximum Gasteiger partial charge on any atom is 0.251 e. The van der Waals surface area contributed by atoms with Crippen molar-refractivity contribution in [3.05, 3.63) is 77.1 Å². The lowest BCUT2D eigenvalue weighted by molar-refractivity contribution is 0.0950. The third-order valence-corrected chi connectivity index (χ3v) is 9.11. The second-order valence-corrected chi connectivity index (χ2v) is 12.7. The summed E-state index contributed by atoms with van der Waals surface area (Å²) in [6.45, 7) is 3.77. The number of benzene rings is 1. The lowest BCUT2D eigenvalue weighted by Crippen LogP contribution is -2.40. The molecule has 1 aromatic carbocycles. The molecule has 206 valence electrons. The molecule has 0 bridgehead atoms. The van der Waals surface area contributed by atoms with Crippen LogP contribution in [-0.4, -0.2) is 61.8 Å². The van der Waals surface area contributed by atoms with E-state index in [4.69, 9.17) is 26.3 Å². The Morgan fingerprint density at radius 2 is 1.90 bits per heavy atom. The Kier molecular flexibility index (Phi) is 7.16. The molecule has 0 radical (unpaired) electrons. The molecule has 0 aliphatic carbocycles. The SMILES string of the molecule is CS(=O)(=O)c1cc(C(=O)NCc2cc3nc(-c4cccc(N5CC[C@H]6COC[C@H]6C5)n4)ccc3cn2)ccc1Cl. The lowest BCUT2D eigenvalue weighted by Gasteiger charge is -2.34. The molecule has 0 unspecified atom stereocenters. The van der Waals surface area contributed by atoms with Crippen LogP contribution < -0.4 is 10.2 Å². The highest BCUT2D eigenvalue weighted by Gasteiger charge is 2.34. The number of anilines is 1. The first-order valence-corrected chi connectivity index (χ1v) is 15.4. The fraction of sp³-hybridized carbons (Fsp3) is 0.310. The summed E-state index contributed by atoms with van der Waals surface area (Å²) in [6, 6.07) is 15.9. The van der Waals surface area contributed by atoms with Gasteiger partial charge in [0.15, 0.2) is 9.84 Å². The number of amides is 1. The van der Waals surface area contributed by atoms with Crippen molar-refractivity contribution in [1.82, 2.24) is 20.3 Å². The molecular weight excluding hydrogens is 550 g/mol. The predicted molar refractivity (Wildman–Crippen MR) is 153 cm³/mol. The number of carbonyl (C=O) groups is 1. The van der Waals surface area contributed by atoms with E-state index >= 15 is 0 Å². The Morgan fingerprint density at radius 3 is 2.75 bits per heavy atom. The third kappa shape index (κ3) is 5.52. The first-order chi connectivity index (χ1) is 19.2. The number of piperidine rings is 1. The van der Waals surface area contributed by atoms with E-state index < -0.39 is 15.7 Å². The molecule has 0 saturated carbocycles. The van der Waals surface area contributed by atoms with Gasteiger partial charge in [-0.1, -0.05) is 17.7 Å². The molecule has 2 atom stereocenters. The predicted octanol–water partition coefficient (Wildman–Crippen LogP) is 4.15. The Morgan fingerprint density at radius 1 is 1.07 bits per heavy atom. The third-order valence-electron chi connectivity index (χ3n) is 7.53. The maximum atomic E-state index is 12.7. The molecule has 2 fully saturated rings. The Hall–Kier alpha value is -3.60. The maximum absolute atomic E-state index is 12.7. The van der Waals surface area contributed by atoms with Crippen molar-refractivity contribution < 1.29 is 17.9 Å². The van der Waals surface area contributed by atoms with Crippen LogP contribution in [0, 0.1) is 11.8 Å². The number of pyridine rings is 3. The Labute approximate surface area is 237 Å². The van der Waals surface area contributed by atoms with Gasteiger partial charge in [-0.05, 0) is 60.9 Å². The second kappa shape index (κ2) is 10.8. The fourth-order valence-corrected chi connectivity index (χ4v) is 6.61. The van der Waals surface area contributed by atoms with Crippen LogP contribution in [0.2, 0.25) is 5.02 Å². The summed E-state index contributed by atoms with van der Waals surface area (Å²) >= 11 is 6.00. The zero-order valence-corrected chi connectivity index (χ0v) is 23.5. The molecule has 2 aliphatic heterocycles. The van der Waals surface area contributed by atoms with Crippen molar-refractivity contribution in [2.24, 2.45) is 11.8 Å². The van der Waals surface area contributed by atoms with Crippen LogP contribution >= 0.6 is 11.6 Å². The number of hydrogen-bond acceptors (Lipinski definition) is 8. The molecule has 5 heterocycles.